The van der Waals surface area contributed by atoms with E-state index in [-0.39, 0.29) is 47.6 Å². The maximum absolute atomic E-state index is 13.7. The highest BCUT2D eigenvalue weighted by Crippen LogP contribution is 2.42. The van der Waals surface area contributed by atoms with Crippen LogP contribution in [0.25, 0.3) is 0 Å². The number of fused-ring (bicyclic) bond motifs is 1. The number of nitrogens with zero attached hydrogens (tertiary/aromatic N) is 1. The van der Waals surface area contributed by atoms with Crippen molar-refractivity contribution in [1.29, 1.82) is 5.41 Å². The van der Waals surface area contributed by atoms with E-state index in [1.54, 1.807) is 6.07 Å². The molecule has 4 atom stereocenters. The normalized spacial score (nSPS) is 30.1. The molecule has 1 aromatic carbocycles. The van der Waals surface area contributed by atoms with E-state index in [1.807, 2.05) is 20.8 Å². The minimum Gasteiger partial charge on any atom is -0.490 e. The van der Waals surface area contributed by atoms with E-state index in [9.17, 15) is 14.0 Å². The number of rotatable bonds is 4. The van der Waals surface area contributed by atoms with Gasteiger partial charge in [-0.1, -0.05) is 0 Å². The second-order valence-electron chi connectivity index (χ2n) is 9.05. The van der Waals surface area contributed by atoms with Gasteiger partial charge < -0.3 is 15.4 Å². The van der Waals surface area contributed by atoms with Gasteiger partial charge in [0, 0.05) is 36.4 Å². The first kappa shape index (κ1) is 19.7. The summed E-state index contributed by atoms with van der Waals surface area (Å²) in [4.78, 5) is 26.6. The molecule has 29 heavy (non-hydrogen) atoms. The Morgan fingerprint density at radius 3 is 2.90 bits per heavy atom. The molecule has 0 spiro atoms. The Bertz CT molecular complexity index is 851. The van der Waals surface area contributed by atoms with Crippen molar-refractivity contribution in [2.45, 2.75) is 57.7 Å². The van der Waals surface area contributed by atoms with Gasteiger partial charge in [0.15, 0.2) is 5.96 Å². The molecule has 3 aliphatic rings. The van der Waals surface area contributed by atoms with Gasteiger partial charge in [-0.3, -0.25) is 19.9 Å². The van der Waals surface area contributed by atoms with Crippen molar-refractivity contribution in [2.24, 2.45) is 11.8 Å². The molecule has 1 saturated carbocycles. The van der Waals surface area contributed by atoms with Gasteiger partial charge in [0.2, 0.25) is 11.8 Å². The summed E-state index contributed by atoms with van der Waals surface area (Å²) in [5, 5.41) is 14.2. The lowest BCUT2D eigenvalue weighted by molar-refractivity contribution is -0.131. The van der Waals surface area contributed by atoms with Crippen LogP contribution >= 0.6 is 0 Å². The molecule has 2 fully saturated rings. The minimum atomic E-state index is -0.423. The molecular formula is C21H27FN4O3. The number of ether oxygens (including phenoxy) is 1. The molecule has 2 aliphatic heterocycles. The smallest absolute Gasteiger partial charge is 0.231 e. The molecule has 2 unspecified atom stereocenters. The highest BCUT2D eigenvalue weighted by atomic mass is 19.1. The second kappa shape index (κ2) is 7.00. The number of guanidine groups is 1. The fourth-order valence-electron chi connectivity index (χ4n) is 4.27. The standard InChI is InChI=1S/C21H27FN4O3/c1-11-6-16(15-8-13(22)4-5-17(15)29-11)24-19(28)14-7-12(14)10-26-18(27)9-21(2,3)25-20(26)23/h4-5,8,11-12,14,16H,6-7,9-10H2,1-3H3,(H2,23,25)(H,24,28)/t11?,12-,14+,16?/m0/s1. The van der Waals surface area contributed by atoms with Gasteiger partial charge in [0.1, 0.15) is 11.6 Å². The maximum atomic E-state index is 13.7. The second-order valence-corrected chi connectivity index (χ2v) is 9.05. The van der Waals surface area contributed by atoms with Crippen LogP contribution in [0.15, 0.2) is 18.2 Å². The Hall–Kier alpha value is -2.64. The van der Waals surface area contributed by atoms with Crippen LogP contribution in [0.2, 0.25) is 0 Å². The van der Waals surface area contributed by atoms with Gasteiger partial charge >= 0.3 is 0 Å². The molecule has 4 rings (SSSR count). The first-order valence-electron chi connectivity index (χ1n) is 10.1. The van der Waals surface area contributed by atoms with Gasteiger partial charge in [0.25, 0.3) is 0 Å². The number of hydrogen-bond donors (Lipinski definition) is 3. The number of halogens is 1. The van der Waals surface area contributed by atoms with Crippen LogP contribution in [-0.2, 0) is 9.59 Å². The first-order valence-corrected chi connectivity index (χ1v) is 10.1. The van der Waals surface area contributed by atoms with Crippen LogP contribution in [0, 0.1) is 23.1 Å². The number of hydrogen-bond acceptors (Lipinski definition) is 4. The van der Waals surface area contributed by atoms with Crippen LogP contribution in [-0.4, -0.2) is 40.9 Å². The molecule has 0 aromatic heterocycles. The molecule has 0 bridgehead atoms. The summed E-state index contributed by atoms with van der Waals surface area (Å²) in [5.74, 6) is 0.000109. The van der Waals surface area contributed by atoms with Gasteiger partial charge in [-0.05, 0) is 51.3 Å². The number of nitrogens with one attached hydrogen (secondary N) is 3. The Kier molecular flexibility index (Phi) is 4.75. The van der Waals surface area contributed by atoms with E-state index in [0.717, 1.165) is 0 Å². The van der Waals surface area contributed by atoms with Gasteiger partial charge in [-0.25, -0.2) is 4.39 Å². The fourth-order valence-corrected chi connectivity index (χ4v) is 4.27. The molecule has 1 aromatic rings. The number of benzene rings is 1. The summed E-state index contributed by atoms with van der Waals surface area (Å²) in [6.07, 6.45) is 1.50. The van der Waals surface area contributed by atoms with Gasteiger partial charge in [-0.15, -0.1) is 0 Å². The molecule has 8 heteroatoms. The van der Waals surface area contributed by atoms with E-state index in [0.29, 0.717) is 37.1 Å². The number of carbonyl (C=O) groups is 2. The highest BCUT2D eigenvalue weighted by Gasteiger charge is 2.47. The van der Waals surface area contributed by atoms with E-state index in [2.05, 4.69) is 10.6 Å². The number of carbonyl (C=O) groups excluding carboxylic acids is 2. The third-order valence-corrected chi connectivity index (χ3v) is 5.86. The van der Waals surface area contributed by atoms with Crippen molar-refractivity contribution in [3.8, 4) is 5.75 Å². The van der Waals surface area contributed by atoms with Crippen molar-refractivity contribution in [1.82, 2.24) is 15.5 Å². The van der Waals surface area contributed by atoms with Crippen LogP contribution in [0.1, 0.15) is 51.6 Å². The topological polar surface area (TPSA) is 94.5 Å². The molecule has 0 radical (unpaired) electrons. The van der Waals surface area contributed by atoms with Crippen molar-refractivity contribution < 1.29 is 18.7 Å². The molecule has 1 saturated heterocycles. The van der Waals surface area contributed by atoms with Crippen molar-refractivity contribution >= 4 is 17.8 Å². The Morgan fingerprint density at radius 2 is 2.17 bits per heavy atom. The predicted molar refractivity (Wildman–Crippen MR) is 105 cm³/mol. The number of amides is 2. The Balaban J connectivity index is 1.37. The third-order valence-electron chi connectivity index (χ3n) is 5.86. The molecule has 2 heterocycles. The van der Waals surface area contributed by atoms with Crippen molar-refractivity contribution in [3.63, 3.8) is 0 Å². The first-order chi connectivity index (χ1) is 13.6. The van der Waals surface area contributed by atoms with E-state index in [1.165, 1.54) is 17.0 Å². The van der Waals surface area contributed by atoms with Crippen LogP contribution in [0.5, 0.6) is 5.75 Å². The van der Waals surface area contributed by atoms with Crippen LogP contribution < -0.4 is 15.4 Å². The lowest BCUT2D eigenvalue weighted by atomic mass is 9.96. The zero-order valence-corrected chi connectivity index (χ0v) is 16.9. The van der Waals surface area contributed by atoms with Gasteiger partial charge in [0.05, 0.1) is 12.1 Å². The van der Waals surface area contributed by atoms with E-state index >= 15 is 0 Å². The Labute approximate surface area is 169 Å². The molecule has 2 amide bonds. The minimum absolute atomic E-state index is 0.0338. The van der Waals surface area contributed by atoms with Crippen molar-refractivity contribution in [3.05, 3.63) is 29.6 Å². The fraction of sp³-hybridized carbons (Fsp3) is 0.571. The average Bonchev–Trinajstić information content (AvgIpc) is 3.37. The molecule has 3 N–H and O–H groups in total. The summed E-state index contributed by atoms with van der Waals surface area (Å²) in [6, 6.07) is 4.07. The lowest BCUT2D eigenvalue weighted by Gasteiger charge is -2.38. The third kappa shape index (κ3) is 4.06. The molecule has 7 nitrogen and oxygen atoms in total. The SMILES string of the molecule is CC1CC(NC(=O)[C@@H]2C[C@H]2CN2C(=N)NC(C)(C)CC2=O)c2cc(F)ccc2O1. The monoisotopic (exact) mass is 402 g/mol. The average molecular weight is 402 g/mol. The quantitative estimate of drug-likeness (QED) is 0.720. The zero-order valence-electron chi connectivity index (χ0n) is 16.9. The van der Waals surface area contributed by atoms with Gasteiger partial charge in [-0.2, -0.15) is 0 Å². The highest BCUT2D eigenvalue weighted by molar-refractivity contribution is 5.99. The summed E-state index contributed by atoms with van der Waals surface area (Å²) in [7, 11) is 0. The lowest BCUT2D eigenvalue weighted by Crippen LogP contribution is -2.60. The largest absolute Gasteiger partial charge is 0.490 e. The summed E-state index contributed by atoms with van der Waals surface area (Å²) in [5.41, 5.74) is 0.237. The maximum Gasteiger partial charge on any atom is 0.231 e. The summed E-state index contributed by atoms with van der Waals surface area (Å²) in [6.45, 7) is 6.07. The molecule has 1 aliphatic carbocycles. The summed E-state index contributed by atoms with van der Waals surface area (Å²) < 4.78 is 19.4. The van der Waals surface area contributed by atoms with E-state index < -0.39 is 5.54 Å². The van der Waals surface area contributed by atoms with Crippen LogP contribution in [0.3, 0.4) is 0 Å². The predicted octanol–water partition coefficient (Wildman–Crippen LogP) is 2.33. The van der Waals surface area contributed by atoms with Crippen LogP contribution in [0.4, 0.5) is 4.39 Å². The van der Waals surface area contributed by atoms with E-state index in [4.69, 9.17) is 10.1 Å². The molecule has 156 valence electrons. The summed E-state index contributed by atoms with van der Waals surface area (Å²) >= 11 is 0. The van der Waals surface area contributed by atoms with Crippen molar-refractivity contribution in [2.75, 3.05) is 6.54 Å². The zero-order chi connectivity index (χ0) is 20.9. The Morgan fingerprint density at radius 1 is 1.41 bits per heavy atom. The molecular weight excluding hydrogens is 375 g/mol.